The third-order valence-corrected chi connectivity index (χ3v) is 6.96. The number of hydrogen-bond acceptors (Lipinski definition) is 3. The minimum atomic E-state index is 0.0125. The van der Waals surface area contributed by atoms with Crippen LogP contribution in [0.2, 0.25) is 0 Å². The molecule has 0 atom stereocenters. The largest absolute Gasteiger partial charge is 0.288 e. The summed E-state index contributed by atoms with van der Waals surface area (Å²) in [5, 5.41) is 0.887. The molecule has 3 nitrogen and oxygen atoms in total. The lowest BCUT2D eigenvalue weighted by atomic mass is 9.68. The quantitative estimate of drug-likeness (QED) is 0.584. The van der Waals surface area contributed by atoms with Gasteiger partial charge in [-0.2, -0.15) is 0 Å². The Morgan fingerprint density at radius 1 is 1.20 bits per heavy atom. The summed E-state index contributed by atoms with van der Waals surface area (Å²) >= 11 is 1.72. The maximum atomic E-state index is 13.5. The summed E-state index contributed by atoms with van der Waals surface area (Å²) in [4.78, 5) is 18.6. The van der Waals surface area contributed by atoms with E-state index in [4.69, 9.17) is 4.98 Å². The van der Waals surface area contributed by atoms with Crippen LogP contribution in [0.25, 0.3) is 11.3 Å². The molecular weight excluding hydrogens is 328 g/mol. The first-order valence-electron chi connectivity index (χ1n) is 9.56. The minimum absolute atomic E-state index is 0.0125. The Labute approximate surface area is 153 Å². The minimum Gasteiger partial charge on any atom is -0.288 e. The first-order chi connectivity index (χ1) is 12.2. The van der Waals surface area contributed by atoms with Gasteiger partial charge in [0.15, 0.2) is 5.16 Å². The van der Waals surface area contributed by atoms with Crippen LogP contribution >= 0.6 is 11.8 Å². The summed E-state index contributed by atoms with van der Waals surface area (Å²) < 4.78 is 1.91. The molecule has 2 aliphatic carbocycles. The fraction of sp³-hybridized carbons (Fsp3) is 0.524. The van der Waals surface area contributed by atoms with Crippen molar-refractivity contribution < 1.29 is 0 Å². The fourth-order valence-electron chi connectivity index (χ4n) is 4.63. The van der Waals surface area contributed by atoms with E-state index >= 15 is 0 Å². The van der Waals surface area contributed by atoms with Crippen LogP contribution < -0.4 is 5.56 Å². The highest BCUT2D eigenvalue weighted by Crippen LogP contribution is 2.49. The van der Waals surface area contributed by atoms with Crippen LogP contribution in [0.5, 0.6) is 0 Å². The van der Waals surface area contributed by atoms with Gasteiger partial charge in [0.1, 0.15) is 0 Å². The van der Waals surface area contributed by atoms with Crippen LogP contribution in [-0.4, -0.2) is 15.3 Å². The molecule has 2 aromatic rings. The maximum Gasteiger partial charge on any atom is 0.258 e. The molecule has 0 saturated heterocycles. The van der Waals surface area contributed by atoms with Gasteiger partial charge in [-0.1, -0.05) is 55.8 Å². The van der Waals surface area contributed by atoms with E-state index in [0.717, 1.165) is 47.8 Å². The van der Waals surface area contributed by atoms with Gasteiger partial charge in [-0.3, -0.25) is 9.36 Å². The standard InChI is InChI=1S/C21H26N2OS/c1-3-13-25-20-22-18-16-10-6-5-9-15(16)14-21(11-7-8-12-21)17(18)19(24)23(20)4-2/h5-6,9-10H,3-4,7-8,11-14H2,1-2H3. The number of rotatable bonds is 4. The Balaban J connectivity index is 2.00. The Kier molecular flexibility index (Phi) is 4.48. The summed E-state index contributed by atoms with van der Waals surface area (Å²) in [6.07, 6.45) is 6.77. The van der Waals surface area contributed by atoms with Gasteiger partial charge < -0.3 is 0 Å². The van der Waals surface area contributed by atoms with Crippen molar-refractivity contribution in [3.8, 4) is 11.3 Å². The molecule has 132 valence electrons. The summed E-state index contributed by atoms with van der Waals surface area (Å²) in [6.45, 7) is 4.93. The van der Waals surface area contributed by atoms with Gasteiger partial charge in [0.2, 0.25) is 0 Å². The van der Waals surface area contributed by atoms with E-state index in [1.807, 2.05) is 4.57 Å². The lowest BCUT2D eigenvalue weighted by molar-refractivity contribution is 0.416. The van der Waals surface area contributed by atoms with Crippen LogP contribution in [0.1, 0.15) is 57.1 Å². The predicted molar refractivity (Wildman–Crippen MR) is 104 cm³/mol. The van der Waals surface area contributed by atoms with Gasteiger partial charge in [-0.15, -0.1) is 0 Å². The van der Waals surface area contributed by atoms with Gasteiger partial charge in [-0.25, -0.2) is 4.98 Å². The first kappa shape index (κ1) is 16.9. The molecule has 1 spiro atoms. The van der Waals surface area contributed by atoms with Crippen molar-refractivity contribution in [3.63, 3.8) is 0 Å². The normalized spacial score (nSPS) is 17.5. The van der Waals surface area contributed by atoms with Crippen LogP contribution in [0.4, 0.5) is 0 Å². The molecule has 0 N–H and O–H groups in total. The number of fused-ring (bicyclic) bond motifs is 4. The molecule has 4 rings (SSSR count). The highest BCUT2D eigenvalue weighted by molar-refractivity contribution is 7.99. The van der Waals surface area contributed by atoms with E-state index in [1.54, 1.807) is 11.8 Å². The molecule has 1 saturated carbocycles. The second-order valence-corrected chi connectivity index (χ2v) is 8.40. The monoisotopic (exact) mass is 354 g/mol. The zero-order valence-electron chi connectivity index (χ0n) is 15.2. The highest BCUT2D eigenvalue weighted by atomic mass is 32.2. The number of thioether (sulfide) groups is 1. The van der Waals surface area contributed by atoms with Gasteiger partial charge >= 0.3 is 0 Å². The van der Waals surface area contributed by atoms with Crippen LogP contribution in [0.3, 0.4) is 0 Å². The number of benzene rings is 1. The third kappa shape index (κ3) is 2.66. The van der Waals surface area contributed by atoms with Crippen molar-refractivity contribution >= 4 is 11.8 Å². The molecule has 0 aliphatic heterocycles. The van der Waals surface area contributed by atoms with E-state index in [1.165, 1.54) is 24.0 Å². The van der Waals surface area contributed by atoms with Crippen molar-refractivity contribution in [3.05, 3.63) is 45.7 Å². The topological polar surface area (TPSA) is 34.9 Å². The van der Waals surface area contributed by atoms with Crippen LogP contribution in [0.15, 0.2) is 34.2 Å². The molecule has 1 aromatic carbocycles. The van der Waals surface area contributed by atoms with Gasteiger partial charge in [-0.05, 0) is 38.2 Å². The highest BCUT2D eigenvalue weighted by Gasteiger charge is 2.44. The van der Waals surface area contributed by atoms with Gasteiger partial charge in [0.05, 0.1) is 11.3 Å². The maximum absolute atomic E-state index is 13.5. The number of nitrogens with zero attached hydrogens (tertiary/aromatic N) is 2. The van der Waals surface area contributed by atoms with Crippen molar-refractivity contribution in [1.82, 2.24) is 9.55 Å². The summed E-state index contributed by atoms with van der Waals surface area (Å²) in [7, 11) is 0. The van der Waals surface area contributed by atoms with E-state index in [0.29, 0.717) is 6.54 Å². The molecule has 0 amide bonds. The molecular formula is C21H26N2OS. The fourth-order valence-corrected chi connectivity index (χ4v) is 5.54. The molecule has 1 fully saturated rings. The lowest BCUT2D eigenvalue weighted by Gasteiger charge is -2.36. The van der Waals surface area contributed by atoms with Gasteiger partial charge in [0, 0.05) is 23.3 Å². The summed E-state index contributed by atoms with van der Waals surface area (Å²) in [5.74, 6) is 0.998. The van der Waals surface area contributed by atoms with Crippen molar-refractivity contribution in [2.75, 3.05) is 5.75 Å². The Morgan fingerprint density at radius 3 is 2.68 bits per heavy atom. The van der Waals surface area contributed by atoms with Crippen molar-refractivity contribution in [2.24, 2.45) is 0 Å². The Morgan fingerprint density at radius 2 is 1.96 bits per heavy atom. The second-order valence-electron chi connectivity index (χ2n) is 7.34. The van der Waals surface area contributed by atoms with E-state index in [-0.39, 0.29) is 11.0 Å². The molecule has 25 heavy (non-hydrogen) atoms. The molecule has 0 unspecified atom stereocenters. The third-order valence-electron chi connectivity index (χ3n) is 5.78. The average molecular weight is 355 g/mol. The smallest absolute Gasteiger partial charge is 0.258 e. The average Bonchev–Trinajstić information content (AvgIpc) is 3.08. The Hall–Kier alpha value is -1.55. The summed E-state index contributed by atoms with van der Waals surface area (Å²) in [6, 6.07) is 8.56. The Bertz CT molecular complexity index is 849. The van der Waals surface area contributed by atoms with E-state index in [9.17, 15) is 4.79 Å². The molecule has 1 aromatic heterocycles. The molecule has 4 heteroatoms. The molecule has 1 heterocycles. The van der Waals surface area contributed by atoms with E-state index < -0.39 is 0 Å². The SMILES string of the molecule is CCCSc1nc2c(c(=O)n1CC)C1(CCCC1)Cc1ccccc1-2. The number of hydrogen-bond donors (Lipinski definition) is 0. The number of aromatic nitrogens is 2. The van der Waals surface area contributed by atoms with Crippen LogP contribution in [-0.2, 0) is 18.4 Å². The van der Waals surface area contributed by atoms with Crippen LogP contribution in [0, 0.1) is 0 Å². The second kappa shape index (κ2) is 6.64. The van der Waals surface area contributed by atoms with Crippen molar-refractivity contribution in [1.29, 1.82) is 0 Å². The van der Waals surface area contributed by atoms with Crippen molar-refractivity contribution in [2.45, 2.75) is 69.5 Å². The first-order valence-corrected chi connectivity index (χ1v) is 10.5. The summed E-state index contributed by atoms with van der Waals surface area (Å²) in [5.41, 5.74) is 4.74. The zero-order chi connectivity index (χ0) is 17.4. The van der Waals surface area contributed by atoms with E-state index in [2.05, 4.69) is 38.1 Å². The molecule has 2 aliphatic rings. The molecule has 0 radical (unpaired) electrons. The predicted octanol–water partition coefficient (Wildman–Crippen LogP) is 4.80. The lowest BCUT2D eigenvalue weighted by Crippen LogP contribution is -2.40. The zero-order valence-corrected chi connectivity index (χ0v) is 16.0. The van der Waals surface area contributed by atoms with Gasteiger partial charge in [0.25, 0.3) is 5.56 Å². The molecule has 0 bridgehead atoms.